The van der Waals surface area contributed by atoms with Gasteiger partial charge in [-0.3, -0.25) is 14.9 Å². The van der Waals surface area contributed by atoms with E-state index in [1.165, 1.54) is 36.4 Å². The summed E-state index contributed by atoms with van der Waals surface area (Å²) in [4.78, 5) is 20.7. The second kappa shape index (κ2) is 7.45. The molecule has 0 spiro atoms. The van der Waals surface area contributed by atoms with E-state index in [4.69, 9.17) is 15.2 Å². The van der Waals surface area contributed by atoms with Gasteiger partial charge < -0.3 is 9.92 Å². The Balaban J connectivity index is 2.52. The third-order valence-corrected chi connectivity index (χ3v) is 4.42. The predicted molar refractivity (Wildman–Crippen MR) is 90.1 cm³/mol. The van der Waals surface area contributed by atoms with E-state index in [2.05, 4.69) is 0 Å². The molecule has 0 aliphatic carbocycles. The molecule has 2 rings (SSSR count). The molecule has 26 heavy (non-hydrogen) atoms. The van der Waals surface area contributed by atoms with E-state index in [1.54, 1.807) is 6.07 Å². The lowest BCUT2D eigenvalue weighted by Crippen LogP contribution is -2.14. The molecule has 0 heterocycles. The van der Waals surface area contributed by atoms with Gasteiger partial charge in [0.25, 0.3) is 11.6 Å². The number of carbonyl (C=O) groups is 1. The van der Waals surface area contributed by atoms with Gasteiger partial charge in [-0.25, -0.2) is 0 Å². The lowest BCUT2D eigenvalue weighted by Gasteiger charge is -2.10. The summed E-state index contributed by atoms with van der Waals surface area (Å²) in [6.45, 7) is 0. The number of amides is 1. The highest BCUT2D eigenvalue weighted by Crippen LogP contribution is 2.29. The summed E-state index contributed by atoms with van der Waals surface area (Å²) in [6, 6.07) is 11.9. The molecule has 2 aromatic carbocycles. The Morgan fingerprint density at radius 3 is 2.42 bits per heavy atom. The van der Waals surface area contributed by atoms with Crippen molar-refractivity contribution in [1.29, 1.82) is 5.26 Å². The Bertz CT molecular complexity index is 1050. The summed E-state index contributed by atoms with van der Waals surface area (Å²) in [5.41, 5.74) is 4.08. The van der Waals surface area contributed by atoms with Crippen molar-refractivity contribution in [3.8, 4) is 11.8 Å². The average Bonchev–Trinajstić information content (AvgIpc) is 2.60. The number of rotatable bonds is 6. The smallest absolute Gasteiger partial charge is 0.346 e. The van der Waals surface area contributed by atoms with Gasteiger partial charge in [0.05, 0.1) is 4.92 Å². The fourth-order valence-corrected chi connectivity index (χ4v) is 3.09. The molecule has 1 amide bonds. The van der Waals surface area contributed by atoms with Crippen molar-refractivity contribution < 1.29 is 22.3 Å². The summed E-state index contributed by atoms with van der Waals surface area (Å²) in [7, 11) is -4.54. The van der Waals surface area contributed by atoms with Crippen molar-refractivity contribution in [3.63, 3.8) is 0 Å². The van der Waals surface area contributed by atoms with Gasteiger partial charge in [-0.2, -0.15) is 13.7 Å². The molecular weight excluding hydrogens is 362 g/mol. The number of nitrogens with two attached hydrogens (primary N) is 1. The Kier molecular flexibility index (Phi) is 5.34. The molecular formula is C16H11N3O6S. The van der Waals surface area contributed by atoms with Crippen LogP contribution in [0.25, 0.3) is 6.08 Å². The number of nitrogens with zero attached hydrogens (tertiary/aromatic N) is 2. The Labute approximate surface area is 148 Å². The van der Waals surface area contributed by atoms with Crippen LogP contribution in [0.3, 0.4) is 0 Å². The SMILES string of the molecule is N#C/C(=C\c1ccccc1OS(=O)(=O)c1ccccc1[N+](=O)[O-])C(N)=O. The first-order chi connectivity index (χ1) is 12.3. The van der Waals surface area contributed by atoms with Crippen molar-refractivity contribution in [2.45, 2.75) is 4.90 Å². The standard InChI is InChI=1S/C16H11N3O6S/c17-10-12(16(18)20)9-11-5-1-3-7-14(11)25-26(23,24)15-8-4-2-6-13(15)19(21)22/h1-9H,(H2,18,20)/b12-9+. The van der Waals surface area contributed by atoms with E-state index in [0.717, 1.165) is 18.2 Å². The Morgan fingerprint density at radius 2 is 1.81 bits per heavy atom. The summed E-state index contributed by atoms with van der Waals surface area (Å²) in [6.07, 6.45) is 1.06. The minimum atomic E-state index is -4.54. The van der Waals surface area contributed by atoms with Gasteiger partial charge in [-0.05, 0) is 18.2 Å². The van der Waals surface area contributed by atoms with Crippen molar-refractivity contribution >= 4 is 27.8 Å². The molecule has 0 aliphatic rings. The molecule has 0 radical (unpaired) electrons. The van der Waals surface area contributed by atoms with Crippen molar-refractivity contribution in [2.24, 2.45) is 5.73 Å². The minimum Gasteiger partial charge on any atom is -0.378 e. The maximum Gasteiger partial charge on any atom is 0.346 e. The minimum absolute atomic E-state index is 0.0880. The zero-order valence-electron chi connectivity index (χ0n) is 13.0. The topological polar surface area (TPSA) is 153 Å². The van der Waals surface area contributed by atoms with E-state index < -0.39 is 37.1 Å². The second-order valence-electron chi connectivity index (χ2n) is 4.83. The van der Waals surface area contributed by atoms with Crippen LogP contribution in [0.1, 0.15) is 5.56 Å². The first-order valence-corrected chi connectivity index (χ1v) is 8.35. The van der Waals surface area contributed by atoms with Crippen molar-refractivity contribution in [3.05, 3.63) is 69.8 Å². The molecule has 2 aromatic rings. The highest BCUT2D eigenvalue weighted by Gasteiger charge is 2.27. The number of hydrogen-bond donors (Lipinski definition) is 1. The van der Waals surface area contributed by atoms with E-state index in [9.17, 15) is 23.3 Å². The predicted octanol–water partition coefficient (Wildman–Crippen LogP) is 1.75. The first kappa shape index (κ1) is 18.6. The molecule has 2 N–H and O–H groups in total. The maximum absolute atomic E-state index is 12.5. The monoisotopic (exact) mass is 373 g/mol. The first-order valence-electron chi connectivity index (χ1n) is 6.95. The summed E-state index contributed by atoms with van der Waals surface area (Å²) < 4.78 is 29.9. The number of para-hydroxylation sites is 2. The van der Waals surface area contributed by atoms with Crippen LogP contribution in [0.2, 0.25) is 0 Å². The zero-order valence-corrected chi connectivity index (χ0v) is 13.8. The quantitative estimate of drug-likeness (QED) is 0.266. The highest BCUT2D eigenvalue weighted by molar-refractivity contribution is 7.87. The van der Waals surface area contributed by atoms with Crippen molar-refractivity contribution in [2.75, 3.05) is 0 Å². The lowest BCUT2D eigenvalue weighted by molar-refractivity contribution is -0.387. The van der Waals surface area contributed by atoms with Gasteiger partial charge in [-0.1, -0.05) is 30.3 Å². The fourth-order valence-electron chi connectivity index (χ4n) is 1.97. The molecule has 132 valence electrons. The van der Waals surface area contributed by atoms with Crippen LogP contribution in [0, 0.1) is 21.4 Å². The summed E-state index contributed by atoms with van der Waals surface area (Å²) >= 11 is 0. The van der Waals surface area contributed by atoms with Gasteiger partial charge in [-0.15, -0.1) is 0 Å². The van der Waals surface area contributed by atoms with Crippen LogP contribution >= 0.6 is 0 Å². The molecule has 0 saturated carbocycles. The van der Waals surface area contributed by atoms with Crippen LogP contribution in [0.4, 0.5) is 5.69 Å². The van der Waals surface area contributed by atoms with Crippen LogP contribution in [-0.2, 0) is 14.9 Å². The summed E-state index contributed by atoms with van der Waals surface area (Å²) in [5.74, 6) is -1.22. The molecule has 0 saturated heterocycles. The number of nitriles is 1. The molecule has 0 aliphatic heterocycles. The molecule has 10 heteroatoms. The number of carbonyl (C=O) groups excluding carboxylic acids is 1. The highest BCUT2D eigenvalue weighted by atomic mass is 32.2. The summed E-state index contributed by atoms with van der Waals surface area (Å²) in [5, 5.41) is 19.9. The molecule has 0 fully saturated rings. The average molecular weight is 373 g/mol. The molecule has 0 aromatic heterocycles. The van der Waals surface area contributed by atoms with Gasteiger partial charge in [0.1, 0.15) is 17.4 Å². The van der Waals surface area contributed by atoms with Crippen LogP contribution in [0.15, 0.2) is 59.0 Å². The van der Waals surface area contributed by atoms with E-state index in [1.807, 2.05) is 0 Å². The largest absolute Gasteiger partial charge is 0.378 e. The van der Waals surface area contributed by atoms with Crippen molar-refractivity contribution in [1.82, 2.24) is 0 Å². The molecule has 0 unspecified atom stereocenters. The molecule has 0 atom stereocenters. The fraction of sp³-hybridized carbons (Fsp3) is 0. The van der Waals surface area contributed by atoms with E-state index in [-0.39, 0.29) is 11.3 Å². The molecule has 9 nitrogen and oxygen atoms in total. The number of nitro groups is 1. The van der Waals surface area contributed by atoms with Gasteiger partial charge >= 0.3 is 10.1 Å². The van der Waals surface area contributed by atoms with Crippen LogP contribution in [-0.4, -0.2) is 19.2 Å². The van der Waals surface area contributed by atoms with Crippen LogP contribution in [0.5, 0.6) is 5.75 Å². The molecule has 0 bridgehead atoms. The number of benzene rings is 2. The number of hydrogen-bond acceptors (Lipinski definition) is 7. The Morgan fingerprint density at radius 1 is 1.19 bits per heavy atom. The van der Waals surface area contributed by atoms with Crippen LogP contribution < -0.4 is 9.92 Å². The number of nitro benzene ring substituents is 1. The maximum atomic E-state index is 12.5. The zero-order chi connectivity index (χ0) is 19.3. The normalized spacial score (nSPS) is 11.4. The van der Waals surface area contributed by atoms with E-state index >= 15 is 0 Å². The lowest BCUT2D eigenvalue weighted by atomic mass is 10.1. The van der Waals surface area contributed by atoms with Gasteiger partial charge in [0.2, 0.25) is 0 Å². The van der Waals surface area contributed by atoms with Gasteiger partial charge in [0, 0.05) is 11.6 Å². The van der Waals surface area contributed by atoms with E-state index in [0.29, 0.717) is 0 Å². The Hall–Kier alpha value is -3.71. The third-order valence-electron chi connectivity index (χ3n) is 3.14. The second-order valence-corrected chi connectivity index (χ2v) is 6.35. The van der Waals surface area contributed by atoms with Gasteiger partial charge in [0.15, 0.2) is 4.90 Å². The third kappa shape index (κ3) is 4.03. The number of primary amides is 1.